The van der Waals surface area contributed by atoms with Crippen molar-refractivity contribution in [3.05, 3.63) is 78.1 Å². The molecule has 0 spiro atoms. The molecule has 4 rings (SSSR count). The summed E-state index contributed by atoms with van der Waals surface area (Å²) in [5.74, 6) is 0. The molecule has 1 N–H and O–H groups in total. The summed E-state index contributed by atoms with van der Waals surface area (Å²) in [6, 6.07) is 18.6. The van der Waals surface area contributed by atoms with E-state index in [4.69, 9.17) is 0 Å². The van der Waals surface area contributed by atoms with Crippen molar-refractivity contribution in [2.45, 2.75) is 45.1 Å². The molecule has 2 amide bonds. The second-order valence-electron chi connectivity index (χ2n) is 10.3. The number of anilines is 1. The fraction of sp³-hybridized carbons (Fsp3) is 0.414. The predicted octanol–water partition coefficient (Wildman–Crippen LogP) is 5.64. The van der Waals surface area contributed by atoms with Crippen LogP contribution < -0.4 is 10.2 Å². The van der Waals surface area contributed by atoms with Crippen LogP contribution in [0.3, 0.4) is 0 Å². The molecule has 1 saturated carbocycles. The van der Waals surface area contributed by atoms with Gasteiger partial charge in [0.05, 0.1) is 23.3 Å². The van der Waals surface area contributed by atoms with Gasteiger partial charge in [0.2, 0.25) is 0 Å². The molecule has 1 fully saturated rings. The minimum atomic E-state index is -0.103. The molecule has 0 unspecified atom stereocenters. The summed E-state index contributed by atoms with van der Waals surface area (Å²) in [5, 5.41) is 2.84. The molecular formula is C29H37N5O. The van der Waals surface area contributed by atoms with Crippen LogP contribution in [0.2, 0.25) is 0 Å². The number of benzene rings is 1. The van der Waals surface area contributed by atoms with E-state index in [1.54, 1.807) is 13.2 Å². The number of urea groups is 1. The third kappa shape index (κ3) is 5.08. The minimum Gasteiger partial charge on any atom is -0.341 e. The van der Waals surface area contributed by atoms with Crippen LogP contribution in [0.25, 0.3) is 11.4 Å². The molecule has 1 aliphatic carbocycles. The van der Waals surface area contributed by atoms with Crippen LogP contribution in [0.1, 0.15) is 43.7 Å². The Morgan fingerprint density at radius 1 is 0.971 bits per heavy atom. The SMILES string of the molecule is CNC(=O)N(CC1(C)CCC(c2ccccc2)(N(C)C)CC1)c1cnc(-c2ccccn2)cc1C. The van der Waals surface area contributed by atoms with Gasteiger partial charge in [0, 0.05) is 25.3 Å². The van der Waals surface area contributed by atoms with Crippen molar-refractivity contribution in [1.82, 2.24) is 20.2 Å². The summed E-state index contributed by atoms with van der Waals surface area (Å²) >= 11 is 0. The molecule has 6 nitrogen and oxygen atoms in total. The van der Waals surface area contributed by atoms with Crippen LogP contribution >= 0.6 is 0 Å². The molecule has 0 saturated heterocycles. The molecule has 0 bridgehead atoms. The molecule has 2 aromatic heterocycles. The van der Waals surface area contributed by atoms with E-state index in [9.17, 15) is 4.79 Å². The summed E-state index contributed by atoms with van der Waals surface area (Å²) in [4.78, 5) is 26.4. The highest BCUT2D eigenvalue weighted by Gasteiger charge is 2.44. The van der Waals surface area contributed by atoms with Crippen molar-refractivity contribution in [3.8, 4) is 11.4 Å². The maximum Gasteiger partial charge on any atom is 0.321 e. The van der Waals surface area contributed by atoms with Gasteiger partial charge in [0.25, 0.3) is 0 Å². The Bertz CT molecular complexity index is 1140. The summed E-state index contributed by atoms with van der Waals surface area (Å²) in [7, 11) is 6.06. The number of nitrogens with zero attached hydrogens (tertiary/aromatic N) is 4. The summed E-state index contributed by atoms with van der Waals surface area (Å²) in [6.07, 6.45) is 7.76. The monoisotopic (exact) mass is 471 g/mol. The van der Waals surface area contributed by atoms with E-state index in [1.165, 1.54) is 5.56 Å². The molecule has 2 heterocycles. The molecular weight excluding hydrogens is 434 g/mol. The number of carbonyl (C=O) groups excluding carboxylic acids is 1. The third-order valence-corrected chi connectivity index (χ3v) is 7.75. The number of carbonyl (C=O) groups is 1. The van der Waals surface area contributed by atoms with Crippen LogP contribution in [0.15, 0.2) is 67.0 Å². The Morgan fingerprint density at radius 2 is 1.66 bits per heavy atom. The van der Waals surface area contributed by atoms with Gasteiger partial charge in [-0.25, -0.2) is 4.79 Å². The first kappa shape index (κ1) is 24.9. The number of hydrogen-bond donors (Lipinski definition) is 1. The van der Waals surface area contributed by atoms with Gasteiger partial charge in [-0.1, -0.05) is 43.3 Å². The number of nitrogens with one attached hydrogen (secondary N) is 1. The second-order valence-corrected chi connectivity index (χ2v) is 10.3. The number of amides is 2. The van der Waals surface area contributed by atoms with Crippen molar-refractivity contribution in [2.75, 3.05) is 32.6 Å². The molecule has 1 aliphatic rings. The zero-order valence-electron chi connectivity index (χ0n) is 21.6. The fourth-order valence-corrected chi connectivity index (χ4v) is 5.44. The summed E-state index contributed by atoms with van der Waals surface area (Å²) in [5.41, 5.74) is 4.90. The predicted molar refractivity (Wildman–Crippen MR) is 142 cm³/mol. The van der Waals surface area contributed by atoms with Crippen LogP contribution in [0, 0.1) is 12.3 Å². The molecule has 0 radical (unpaired) electrons. The van der Waals surface area contributed by atoms with Crippen molar-refractivity contribution in [1.29, 1.82) is 0 Å². The Morgan fingerprint density at radius 3 is 2.23 bits per heavy atom. The number of hydrogen-bond acceptors (Lipinski definition) is 4. The first-order valence-corrected chi connectivity index (χ1v) is 12.4. The molecule has 35 heavy (non-hydrogen) atoms. The molecule has 0 aliphatic heterocycles. The lowest BCUT2D eigenvalue weighted by molar-refractivity contribution is 0.0459. The highest BCUT2D eigenvalue weighted by molar-refractivity contribution is 5.92. The Balaban J connectivity index is 1.58. The topological polar surface area (TPSA) is 61.4 Å². The lowest BCUT2D eigenvalue weighted by atomic mass is 9.65. The summed E-state index contributed by atoms with van der Waals surface area (Å²) < 4.78 is 0. The zero-order chi connectivity index (χ0) is 25.1. The maximum absolute atomic E-state index is 13.1. The van der Waals surface area contributed by atoms with Gasteiger partial charge in [-0.3, -0.25) is 19.8 Å². The highest BCUT2D eigenvalue weighted by Crippen LogP contribution is 2.48. The zero-order valence-corrected chi connectivity index (χ0v) is 21.6. The first-order valence-electron chi connectivity index (χ1n) is 12.4. The molecule has 0 atom stereocenters. The smallest absolute Gasteiger partial charge is 0.321 e. The van der Waals surface area contributed by atoms with Crippen LogP contribution in [0.4, 0.5) is 10.5 Å². The summed E-state index contributed by atoms with van der Waals surface area (Å²) in [6.45, 7) is 5.00. The largest absolute Gasteiger partial charge is 0.341 e. The number of rotatable bonds is 6. The van der Waals surface area contributed by atoms with Crippen LogP contribution in [0.5, 0.6) is 0 Å². The average Bonchev–Trinajstić information content (AvgIpc) is 2.88. The van der Waals surface area contributed by atoms with E-state index in [0.29, 0.717) is 6.54 Å². The first-order chi connectivity index (χ1) is 16.8. The van der Waals surface area contributed by atoms with Gasteiger partial charge in [0.1, 0.15) is 0 Å². The standard InChI is InChI=1S/C29H37N5O/c1-22-19-25(24-13-9-10-18-31-24)32-20-26(22)34(27(35)30-3)21-28(2)14-16-29(17-15-28,33(4)5)23-11-7-6-8-12-23/h6-13,18-20H,14-17,21H2,1-5H3,(H,30,35). The molecule has 3 aromatic rings. The van der Waals surface area contributed by atoms with Gasteiger partial charge >= 0.3 is 6.03 Å². The lowest BCUT2D eigenvalue weighted by Crippen LogP contribution is -2.50. The van der Waals surface area contributed by atoms with E-state index in [0.717, 1.165) is 48.3 Å². The quantitative estimate of drug-likeness (QED) is 0.506. The number of aryl methyl sites for hydroxylation is 1. The second kappa shape index (κ2) is 10.2. The Hall–Kier alpha value is -3.25. The van der Waals surface area contributed by atoms with E-state index in [1.807, 2.05) is 42.3 Å². The van der Waals surface area contributed by atoms with Gasteiger partial charge < -0.3 is 5.32 Å². The van der Waals surface area contributed by atoms with Crippen molar-refractivity contribution >= 4 is 11.7 Å². The van der Waals surface area contributed by atoms with Crippen molar-refractivity contribution < 1.29 is 4.79 Å². The van der Waals surface area contributed by atoms with E-state index < -0.39 is 0 Å². The molecule has 1 aromatic carbocycles. The van der Waals surface area contributed by atoms with E-state index in [-0.39, 0.29) is 17.0 Å². The lowest BCUT2D eigenvalue weighted by Gasteiger charge is -2.50. The van der Waals surface area contributed by atoms with E-state index in [2.05, 4.69) is 71.5 Å². The molecule has 6 heteroatoms. The van der Waals surface area contributed by atoms with Gasteiger partial charge in [-0.05, 0) is 81.4 Å². The average molecular weight is 472 g/mol. The normalized spacial score (nSPS) is 22.1. The van der Waals surface area contributed by atoms with Crippen molar-refractivity contribution in [2.24, 2.45) is 5.41 Å². The minimum absolute atomic E-state index is 0.00684. The van der Waals surface area contributed by atoms with Gasteiger partial charge in [-0.2, -0.15) is 0 Å². The number of pyridine rings is 2. The number of aromatic nitrogens is 2. The van der Waals surface area contributed by atoms with Crippen LogP contribution in [-0.2, 0) is 5.54 Å². The molecule has 184 valence electrons. The van der Waals surface area contributed by atoms with E-state index >= 15 is 0 Å². The Kier molecular flexibility index (Phi) is 7.22. The fourth-order valence-electron chi connectivity index (χ4n) is 5.44. The van der Waals surface area contributed by atoms with Crippen LogP contribution in [-0.4, -0.2) is 48.6 Å². The Labute approximate surface area is 209 Å². The van der Waals surface area contributed by atoms with Gasteiger partial charge in [-0.15, -0.1) is 0 Å². The highest BCUT2D eigenvalue weighted by atomic mass is 16.2. The maximum atomic E-state index is 13.1. The van der Waals surface area contributed by atoms with Crippen molar-refractivity contribution in [3.63, 3.8) is 0 Å². The third-order valence-electron chi connectivity index (χ3n) is 7.75. The van der Waals surface area contributed by atoms with Gasteiger partial charge in [0.15, 0.2) is 0 Å².